The van der Waals surface area contributed by atoms with E-state index in [-0.39, 0.29) is 36.0 Å². The summed E-state index contributed by atoms with van der Waals surface area (Å²) in [5.74, 6) is 0.0740. The van der Waals surface area contributed by atoms with E-state index in [9.17, 15) is 14.4 Å². The fourth-order valence-electron chi connectivity index (χ4n) is 4.92. The molecule has 0 aromatic heterocycles. The highest BCUT2D eigenvalue weighted by Gasteiger charge is 2.39. The van der Waals surface area contributed by atoms with Gasteiger partial charge in [0.25, 0.3) is 0 Å². The molecule has 162 valence electrons. The number of nitrogens with zero attached hydrogens (tertiary/aromatic N) is 3. The molecule has 3 fully saturated rings. The predicted octanol–water partition coefficient (Wildman–Crippen LogP) is 3.44. The van der Waals surface area contributed by atoms with Gasteiger partial charge in [0, 0.05) is 55.2 Å². The van der Waals surface area contributed by atoms with Crippen LogP contribution in [-0.4, -0.2) is 60.2 Å². The lowest BCUT2D eigenvalue weighted by Crippen LogP contribution is -2.46. The van der Waals surface area contributed by atoms with Crippen LogP contribution in [0.15, 0.2) is 28.7 Å². The van der Waals surface area contributed by atoms with Gasteiger partial charge in [-0.15, -0.1) is 0 Å². The standard InChI is InChI=1S/C23H30BrN3O3/c24-19-6-5-7-20(15-19)27-16-18(14-21(27)28)23(30)26-12-8-17(9-13-26)22(29)25-10-3-1-2-4-11-25/h5-7,15,17-18H,1-4,8-14,16H2. The van der Waals surface area contributed by atoms with Crippen LogP contribution in [0.25, 0.3) is 0 Å². The first-order chi connectivity index (χ1) is 14.5. The van der Waals surface area contributed by atoms with E-state index in [2.05, 4.69) is 15.9 Å². The summed E-state index contributed by atoms with van der Waals surface area (Å²) in [6.45, 7) is 3.43. The Kier molecular flexibility index (Phi) is 6.76. The van der Waals surface area contributed by atoms with Crippen molar-refractivity contribution in [1.82, 2.24) is 9.80 Å². The Labute approximate surface area is 186 Å². The van der Waals surface area contributed by atoms with Crippen LogP contribution in [0, 0.1) is 11.8 Å². The summed E-state index contributed by atoms with van der Waals surface area (Å²) in [7, 11) is 0. The van der Waals surface area contributed by atoms with Gasteiger partial charge >= 0.3 is 0 Å². The molecule has 0 spiro atoms. The molecule has 30 heavy (non-hydrogen) atoms. The minimum atomic E-state index is -0.297. The van der Waals surface area contributed by atoms with E-state index < -0.39 is 0 Å². The molecule has 3 aliphatic heterocycles. The second-order valence-electron chi connectivity index (χ2n) is 8.72. The van der Waals surface area contributed by atoms with Gasteiger partial charge in [-0.3, -0.25) is 14.4 Å². The molecule has 3 aliphatic rings. The van der Waals surface area contributed by atoms with Gasteiger partial charge in [0.15, 0.2) is 0 Å². The Balaban J connectivity index is 1.31. The molecule has 1 unspecified atom stereocenters. The number of amides is 3. The van der Waals surface area contributed by atoms with Gasteiger partial charge in [-0.2, -0.15) is 0 Å². The summed E-state index contributed by atoms with van der Waals surface area (Å²) >= 11 is 3.44. The molecular weight excluding hydrogens is 446 g/mol. The number of carbonyl (C=O) groups is 3. The molecule has 3 heterocycles. The molecular formula is C23H30BrN3O3. The molecule has 1 aromatic carbocycles. The zero-order valence-corrected chi connectivity index (χ0v) is 19.0. The quantitative estimate of drug-likeness (QED) is 0.672. The zero-order valence-electron chi connectivity index (χ0n) is 17.4. The average Bonchev–Trinajstić information content (AvgIpc) is 2.96. The summed E-state index contributed by atoms with van der Waals surface area (Å²) in [5.41, 5.74) is 0.825. The maximum absolute atomic E-state index is 13.1. The van der Waals surface area contributed by atoms with E-state index in [0.29, 0.717) is 19.6 Å². The van der Waals surface area contributed by atoms with Gasteiger partial charge in [-0.05, 0) is 43.9 Å². The molecule has 6 nitrogen and oxygen atoms in total. The third kappa shape index (κ3) is 4.71. The highest BCUT2D eigenvalue weighted by Crippen LogP contribution is 2.30. The lowest BCUT2D eigenvalue weighted by Gasteiger charge is -2.35. The molecule has 0 N–H and O–H groups in total. The molecule has 1 aromatic rings. The number of hydrogen-bond donors (Lipinski definition) is 0. The highest BCUT2D eigenvalue weighted by atomic mass is 79.9. The number of likely N-dealkylation sites (tertiary alicyclic amines) is 2. The molecule has 4 rings (SSSR count). The first-order valence-electron chi connectivity index (χ1n) is 11.2. The van der Waals surface area contributed by atoms with Crippen LogP contribution in [0.2, 0.25) is 0 Å². The minimum absolute atomic E-state index is 0.00215. The fourth-order valence-corrected chi connectivity index (χ4v) is 5.31. The van der Waals surface area contributed by atoms with Crippen LogP contribution in [-0.2, 0) is 14.4 Å². The molecule has 7 heteroatoms. The van der Waals surface area contributed by atoms with Crippen molar-refractivity contribution in [2.24, 2.45) is 11.8 Å². The number of carbonyl (C=O) groups excluding carboxylic acids is 3. The second-order valence-corrected chi connectivity index (χ2v) is 9.64. The summed E-state index contributed by atoms with van der Waals surface area (Å²) in [6, 6.07) is 7.62. The van der Waals surface area contributed by atoms with Gasteiger partial charge in [0.05, 0.1) is 5.92 Å². The Morgan fingerprint density at radius 2 is 1.50 bits per heavy atom. The molecule has 0 aliphatic carbocycles. The summed E-state index contributed by atoms with van der Waals surface area (Å²) in [6.07, 6.45) is 6.37. The van der Waals surface area contributed by atoms with Crippen molar-refractivity contribution in [2.45, 2.75) is 44.9 Å². The topological polar surface area (TPSA) is 60.9 Å². The molecule has 1 atom stereocenters. The van der Waals surface area contributed by atoms with E-state index in [1.165, 1.54) is 12.8 Å². The molecule has 3 saturated heterocycles. The second kappa shape index (κ2) is 9.50. The van der Waals surface area contributed by atoms with Crippen molar-refractivity contribution in [3.8, 4) is 0 Å². The maximum atomic E-state index is 13.1. The highest BCUT2D eigenvalue weighted by molar-refractivity contribution is 9.10. The van der Waals surface area contributed by atoms with Crippen molar-refractivity contribution in [3.63, 3.8) is 0 Å². The number of benzene rings is 1. The number of piperidine rings is 1. The lowest BCUT2D eigenvalue weighted by atomic mass is 9.94. The van der Waals surface area contributed by atoms with E-state index in [4.69, 9.17) is 0 Å². The minimum Gasteiger partial charge on any atom is -0.342 e. The van der Waals surface area contributed by atoms with Gasteiger partial charge in [0.1, 0.15) is 0 Å². The first-order valence-corrected chi connectivity index (χ1v) is 12.0. The Morgan fingerprint density at radius 1 is 0.867 bits per heavy atom. The van der Waals surface area contributed by atoms with Crippen molar-refractivity contribution in [3.05, 3.63) is 28.7 Å². The monoisotopic (exact) mass is 475 g/mol. The van der Waals surface area contributed by atoms with E-state index in [0.717, 1.165) is 48.9 Å². The Morgan fingerprint density at radius 3 is 2.17 bits per heavy atom. The van der Waals surface area contributed by atoms with E-state index in [1.54, 1.807) is 4.90 Å². The van der Waals surface area contributed by atoms with E-state index >= 15 is 0 Å². The van der Waals surface area contributed by atoms with E-state index in [1.807, 2.05) is 34.1 Å². The third-order valence-electron chi connectivity index (χ3n) is 6.67. The number of rotatable bonds is 3. The van der Waals surface area contributed by atoms with Crippen LogP contribution < -0.4 is 4.90 Å². The first kappa shape index (κ1) is 21.3. The maximum Gasteiger partial charge on any atom is 0.228 e. The summed E-state index contributed by atoms with van der Waals surface area (Å²) in [5, 5.41) is 0. The predicted molar refractivity (Wildman–Crippen MR) is 119 cm³/mol. The Bertz CT molecular complexity index is 799. The molecule has 0 radical (unpaired) electrons. The molecule has 0 saturated carbocycles. The van der Waals surface area contributed by atoms with Crippen molar-refractivity contribution in [1.29, 1.82) is 0 Å². The van der Waals surface area contributed by atoms with Crippen LogP contribution >= 0.6 is 15.9 Å². The summed E-state index contributed by atoms with van der Waals surface area (Å²) in [4.78, 5) is 44.1. The smallest absolute Gasteiger partial charge is 0.228 e. The van der Waals surface area contributed by atoms with Crippen molar-refractivity contribution in [2.75, 3.05) is 37.6 Å². The lowest BCUT2D eigenvalue weighted by molar-refractivity contribution is -0.142. The van der Waals surface area contributed by atoms with Gasteiger partial charge in [-0.25, -0.2) is 0 Å². The number of hydrogen-bond acceptors (Lipinski definition) is 3. The Hall–Kier alpha value is -1.89. The van der Waals surface area contributed by atoms with Crippen LogP contribution in [0.5, 0.6) is 0 Å². The van der Waals surface area contributed by atoms with Crippen molar-refractivity contribution < 1.29 is 14.4 Å². The van der Waals surface area contributed by atoms with Gasteiger partial charge < -0.3 is 14.7 Å². The largest absolute Gasteiger partial charge is 0.342 e. The molecule has 3 amide bonds. The van der Waals surface area contributed by atoms with Crippen molar-refractivity contribution >= 4 is 39.3 Å². The average molecular weight is 476 g/mol. The number of anilines is 1. The zero-order chi connectivity index (χ0) is 21.1. The van der Waals surface area contributed by atoms with Crippen LogP contribution in [0.4, 0.5) is 5.69 Å². The normalized spacial score (nSPS) is 23.6. The van der Waals surface area contributed by atoms with Crippen LogP contribution in [0.1, 0.15) is 44.9 Å². The SMILES string of the molecule is O=C(C1CCN(C(=O)C2CC(=O)N(c3cccc(Br)c3)C2)CC1)N1CCCCCC1. The molecule has 0 bridgehead atoms. The fraction of sp³-hybridized carbons (Fsp3) is 0.609. The van der Waals surface area contributed by atoms with Gasteiger partial charge in [-0.1, -0.05) is 34.8 Å². The number of halogens is 1. The summed E-state index contributed by atoms with van der Waals surface area (Å²) < 4.78 is 0.915. The van der Waals surface area contributed by atoms with Gasteiger partial charge in [0.2, 0.25) is 17.7 Å². The van der Waals surface area contributed by atoms with Crippen LogP contribution in [0.3, 0.4) is 0 Å². The third-order valence-corrected chi connectivity index (χ3v) is 7.16.